The molecule has 0 unspecified atom stereocenters. The van der Waals surface area contributed by atoms with Crippen LogP contribution in [0.3, 0.4) is 0 Å². The predicted octanol–water partition coefficient (Wildman–Crippen LogP) is 0.419. The van der Waals surface area contributed by atoms with Crippen molar-refractivity contribution in [3.8, 4) is 0 Å². The van der Waals surface area contributed by atoms with Crippen molar-refractivity contribution in [3.05, 3.63) is 31.4 Å². The van der Waals surface area contributed by atoms with Gasteiger partial charge in [0.2, 0.25) is 0 Å². The lowest BCUT2D eigenvalue weighted by atomic mass is 10.8. The molecule has 1 rings (SSSR count). The van der Waals surface area contributed by atoms with Crippen LogP contribution in [0.4, 0.5) is 0 Å². The molecule has 0 aliphatic rings. The molecule has 0 N–H and O–H groups in total. The number of nitrogens with zero attached hydrogens (tertiary/aromatic N) is 2. The van der Waals surface area contributed by atoms with Crippen LogP contribution in [-0.4, -0.2) is 18.9 Å². The summed E-state index contributed by atoms with van der Waals surface area (Å²) in [7, 11) is -0.133. The smallest absolute Gasteiger partial charge is 0.134 e. The molecular formula is C6H10N2Si. The first-order valence-corrected chi connectivity index (χ1v) is 4.63. The van der Waals surface area contributed by atoms with E-state index < -0.39 is 0 Å². The number of allylic oxidation sites excluding steroid dienone is 1. The molecule has 0 saturated carbocycles. The number of aromatic nitrogens is 2. The molecule has 1 aromatic heterocycles. The van der Waals surface area contributed by atoms with E-state index in [1.165, 1.54) is 0 Å². The van der Waals surface area contributed by atoms with Gasteiger partial charge in [0.05, 0.1) is 6.33 Å². The Bertz CT molecular complexity index is 169. The largest absolute Gasteiger partial charge is 0.370 e. The summed E-state index contributed by atoms with van der Waals surface area (Å²) < 4.78 is 2.17. The monoisotopic (exact) mass is 138 g/mol. The third-order valence-corrected chi connectivity index (χ3v) is 2.71. The predicted molar refractivity (Wildman–Crippen MR) is 41.2 cm³/mol. The van der Waals surface area contributed by atoms with Crippen molar-refractivity contribution in [1.29, 1.82) is 0 Å². The first-order valence-electron chi connectivity index (χ1n) is 3.00. The van der Waals surface area contributed by atoms with Crippen LogP contribution in [0, 0.1) is 0 Å². The molecule has 0 bridgehead atoms. The maximum Gasteiger partial charge on any atom is 0.134 e. The molecule has 0 fully saturated rings. The van der Waals surface area contributed by atoms with E-state index in [1.807, 2.05) is 24.8 Å². The summed E-state index contributed by atoms with van der Waals surface area (Å²) in [6.45, 7) is 3.66. The van der Waals surface area contributed by atoms with Gasteiger partial charge in [-0.05, 0) is 6.04 Å². The molecule has 1 aromatic rings. The summed E-state index contributed by atoms with van der Waals surface area (Å²) in [6, 6.07) is 1.15. The molecule has 0 atom stereocenters. The molecule has 0 aromatic carbocycles. The van der Waals surface area contributed by atoms with Gasteiger partial charge in [0.1, 0.15) is 9.68 Å². The second-order valence-corrected chi connectivity index (χ2v) is 3.63. The third-order valence-electron chi connectivity index (χ3n) is 1.15. The van der Waals surface area contributed by atoms with Gasteiger partial charge in [-0.2, -0.15) is 0 Å². The summed E-state index contributed by atoms with van der Waals surface area (Å²) in [5.74, 6) is 0. The quantitative estimate of drug-likeness (QED) is 0.437. The van der Waals surface area contributed by atoms with Gasteiger partial charge in [0.15, 0.2) is 0 Å². The summed E-state index contributed by atoms with van der Waals surface area (Å²) in [4.78, 5) is 3.94. The van der Waals surface area contributed by atoms with Gasteiger partial charge in [-0.25, -0.2) is 4.98 Å². The highest BCUT2D eigenvalue weighted by molar-refractivity contribution is 6.34. The van der Waals surface area contributed by atoms with Gasteiger partial charge in [-0.1, -0.05) is 6.08 Å². The molecular weight excluding hydrogens is 128 g/mol. The Kier molecular flexibility index (Phi) is 2.27. The van der Waals surface area contributed by atoms with Crippen LogP contribution in [0.2, 0.25) is 6.04 Å². The number of hydrogen-bond donors (Lipinski definition) is 0. The Balaban J connectivity index is 2.38. The second kappa shape index (κ2) is 3.24. The average Bonchev–Trinajstić information content (AvgIpc) is 2.34. The van der Waals surface area contributed by atoms with E-state index >= 15 is 0 Å². The van der Waals surface area contributed by atoms with E-state index in [0.29, 0.717) is 0 Å². The van der Waals surface area contributed by atoms with Gasteiger partial charge in [-0.3, -0.25) is 0 Å². The molecule has 0 aliphatic heterocycles. The van der Waals surface area contributed by atoms with Crippen molar-refractivity contribution < 1.29 is 0 Å². The summed E-state index contributed by atoms with van der Waals surface area (Å²) in [6.07, 6.45) is 7.66. The Hall–Kier alpha value is -0.833. The number of rotatable bonds is 3. The maximum atomic E-state index is 3.94. The minimum absolute atomic E-state index is 0.133. The van der Waals surface area contributed by atoms with Crippen LogP contribution in [0.1, 0.15) is 0 Å². The van der Waals surface area contributed by atoms with Crippen molar-refractivity contribution >= 4 is 9.68 Å². The minimum atomic E-state index is -0.133. The Morgan fingerprint density at radius 3 is 3.22 bits per heavy atom. The zero-order valence-corrected chi connectivity index (χ0v) is 6.74. The topological polar surface area (TPSA) is 17.8 Å². The highest BCUT2D eigenvalue weighted by Gasteiger charge is 1.84. The Morgan fingerprint density at radius 2 is 2.67 bits per heavy atom. The zero-order chi connectivity index (χ0) is 6.53. The number of hydrogen-bond acceptors (Lipinski definition) is 1. The van der Waals surface area contributed by atoms with Gasteiger partial charge >= 0.3 is 0 Å². The first kappa shape index (κ1) is 6.29. The molecule has 0 amide bonds. The van der Waals surface area contributed by atoms with Crippen molar-refractivity contribution in [2.24, 2.45) is 0 Å². The summed E-state index contributed by atoms with van der Waals surface area (Å²) >= 11 is 0. The van der Waals surface area contributed by atoms with Crippen LogP contribution >= 0.6 is 0 Å². The minimum Gasteiger partial charge on any atom is -0.370 e. The van der Waals surface area contributed by atoms with Crippen LogP contribution in [0.5, 0.6) is 0 Å². The molecule has 3 heteroatoms. The van der Waals surface area contributed by atoms with Gasteiger partial charge in [0.25, 0.3) is 0 Å². The molecule has 0 radical (unpaired) electrons. The molecule has 1 heterocycles. The van der Waals surface area contributed by atoms with E-state index in [9.17, 15) is 0 Å². The van der Waals surface area contributed by atoms with Crippen LogP contribution in [0.15, 0.2) is 31.4 Å². The average molecular weight is 138 g/mol. The zero-order valence-electron chi connectivity index (χ0n) is 5.33. The lowest BCUT2D eigenvalue weighted by Gasteiger charge is -1.93. The van der Waals surface area contributed by atoms with Crippen molar-refractivity contribution in [2.45, 2.75) is 6.04 Å². The molecule has 0 saturated heterocycles. The van der Waals surface area contributed by atoms with Gasteiger partial charge in [0, 0.05) is 12.4 Å². The van der Waals surface area contributed by atoms with Crippen molar-refractivity contribution in [1.82, 2.24) is 9.22 Å². The molecule has 0 aliphatic carbocycles. The van der Waals surface area contributed by atoms with Crippen LogP contribution in [-0.2, 0) is 0 Å². The summed E-state index contributed by atoms with van der Waals surface area (Å²) in [5, 5.41) is 0. The summed E-state index contributed by atoms with van der Waals surface area (Å²) in [5.41, 5.74) is 0. The van der Waals surface area contributed by atoms with E-state index in [1.54, 1.807) is 0 Å². The van der Waals surface area contributed by atoms with Crippen LogP contribution in [0.25, 0.3) is 0 Å². The standard InChI is InChI=1S/C6H10N2Si/c1-2-5-9-8-4-3-7-6-8/h2-4,6H,1,5,9H2. The van der Waals surface area contributed by atoms with E-state index in [-0.39, 0.29) is 9.68 Å². The van der Waals surface area contributed by atoms with Gasteiger partial charge in [-0.15, -0.1) is 6.58 Å². The molecule has 9 heavy (non-hydrogen) atoms. The highest BCUT2D eigenvalue weighted by atomic mass is 28.2. The van der Waals surface area contributed by atoms with E-state index in [2.05, 4.69) is 15.8 Å². The second-order valence-electron chi connectivity index (χ2n) is 1.88. The normalized spacial score (nSPS) is 10.7. The fourth-order valence-electron chi connectivity index (χ4n) is 0.659. The maximum absolute atomic E-state index is 3.94. The lowest BCUT2D eigenvalue weighted by Crippen LogP contribution is -2.00. The Labute approximate surface area is 57.1 Å². The molecule has 2 nitrogen and oxygen atoms in total. The van der Waals surface area contributed by atoms with E-state index in [0.717, 1.165) is 6.04 Å². The SMILES string of the molecule is C=CC[SiH2]n1ccnc1. The lowest BCUT2D eigenvalue weighted by molar-refractivity contribution is 1.18. The highest BCUT2D eigenvalue weighted by Crippen LogP contribution is 1.84. The van der Waals surface area contributed by atoms with Crippen molar-refractivity contribution in [2.75, 3.05) is 0 Å². The number of imidazole rings is 1. The Morgan fingerprint density at radius 1 is 1.78 bits per heavy atom. The first-order chi connectivity index (χ1) is 4.43. The van der Waals surface area contributed by atoms with E-state index in [4.69, 9.17) is 0 Å². The van der Waals surface area contributed by atoms with Crippen molar-refractivity contribution in [3.63, 3.8) is 0 Å². The van der Waals surface area contributed by atoms with Gasteiger partial charge < -0.3 is 4.23 Å². The fraction of sp³-hybridized carbons (Fsp3) is 0.167. The molecule has 48 valence electrons. The fourth-order valence-corrected chi connectivity index (χ4v) is 1.59. The van der Waals surface area contributed by atoms with Crippen LogP contribution < -0.4 is 0 Å². The molecule has 0 spiro atoms. The third kappa shape index (κ3) is 1.85.